The standard InChI is InChI=1S/C10H13NO2S2/c1-14-9-11-6-8(15-9)10(13)4-2-7(12)3-5-10/h6,13H,2-5H2,1H3. The maximum atomic E-state index is 11.1. The fourth-order valence-corrected chi connectivity index (χ4v) is 3.31. The molecule has 1 aromatic rings. The number of Topliss-reactive ketones (excluding diaryl/α,β-unsaturated/α-hetero) is 1. The van der Waals surface area contributed by atoms with Crippen LogP contribution in [0.2, 0.25) is 0 Å². The SMILES string of the molecule is CSc1ncc(C2(O)CCC(=O)CC2)s1. The molecule has 0 bridgehead atoms. The van der Waals surface area contributed by atoms with Gasteiger partial charge >= 0.3 is 0 Å². The van der Waals surface area contributed by atoms with Crippen molar-refractivity contribution in [3.8, 4) is 0 Å². The molecule has 1 aromatic heterocycles. The molecule has 1 aliphatic rings. The molecule has 0 aromatic carbocycles. The van der Waals surface area contributed by atoms with E-state index in [1.54, 1.807) is 18.0 Å². The first-order chi connectivity index (χ1) is 7.14. The highest BCUT2D eigenvalue weighted by molar-refractivity contribution is 8.00. The third-order valence-electron chi connectivity index (χ3n) is 2.75. The van der Waals surface area contributed by atoms with Crippen LogP contribution in [0.15, 0.2) is 10.5 Å². The van der Waals surface area contributed by atoms with Crippen LogP contribution in [0.5, 0.6) is 0 Å². The number of aliphatic hydroxyl groups is 1. The lowest BCUT2D eigenvalue weighted by molar-refractivity contribution is -0.125. The summed E-state index contributed by atoms with van der Waals surface area (Å²) < 4.78 is 0.968. The van der Waals surface area contributed by atoms with Crippen molar-refractivity contribution >= 4 is 28.9 Å². The first-order valence-corrected chi connectivity index (χ1v) is 6.92. The summed E-state index contributed by atoms with van der Waals surface area (Å²) in [6.45, 7) is 0. The van der Waals surface area contributed by atoms with Crippen LogP contribution in [-0.2, 0) is 10.4 Å². The molecule has 1 N–H and O–H groups in total. The molecule has 0 saturated heterocycles. The summed E-state index contributed by atoms with van der Waals surface area (Å²) in [5.74, 6) is 0.259. The zero-order valence-electron chi connectivity index (χ0n) is 8.52. The lowest BCUT2D eigenvalue weighted by atomic mass is 9.83. The minimum atomic E-state index is -0.806. The van der Waals surface area contributed by atoms with E-state index in [4.69, 9.17) is 0 Å². The van der Waals surface area contributed by atoms with Crippen molar-refractivity contribution in [1.82, 2.24) is 4.98 Å². The van der Waals surface area contributed by atoms with Crippen molar-refractivity contribution in [1.29, 1.82) is 0 Å². The second-order valence-corrected chi connectivity index (χ2v) is 5.85. The maximum Gasteiger partial charge on any atom is 0.149 e. The molecular weight excluding hydrogens is 230 g/mol. The summed E-state index contributed by atoms with van der Waals surface area (Å²) in [7, 11) is 0. The molecule has 5 heteroatoms. The van der Waals surface area contributed by atoms with E-state index in [0.29, 0.717) is 25.7 Å². The number of carbonyl (C=O) groups excluding carboxylic acids is 1. The third-order valence-corrected chi connectivity index (χ3v) is 4.94. The predicted molar refractivity (Wildman–Crippen MR) is 61.3 cm³/mol. The van der Waals surface area contributed by atoms with Gasteiger partial charge in [-0.25, -0.2) is 4.98 Å². The van der Waals surface area contributed by atoms with E-state index < -0.39 is 5.60 Å². The predicted octanol–water partition coefficient (Wildman–Crippen LogP) is 2.20. The van der Waals surface area contributed by atoms with Crippen LogP contribution in [0.4, 0.5) is 0 Å². The molecule has 2 rings (SSSR count). The van der Waals surface area contributed by atoms with E-state index in [0.717, 1.165) is 9.22 Å². The summed E-state index contributed by atoms with van der Waals surface area (Å²) >= 11 is 3.11. The van der Waals surface area contributed by atoms with Gasteiger partial charge in [-0.2, -0.15) is 0 Å². The molecule has 1 fully saturated rings. The van der Waals surface area contributed by atoms with E-state index in [1.807, 2.05) is 6.26 Å². The molecule has 3 nitrogen and oxygen atoms in total. The van der Waals surface area contributed by atoms with Crippen LogP contribution in [-0.4, -0.2) is 22.1 Å². The summed E-state index contributed by atoms with van der Waals surface area (Å²) in [4.78, 5) is 16.2. The summed E-state index contributed by atoms with van der Waals surface area (Å²) in [5, 5.41) is 10.4. The van der Waals surface area contributed by atoms with Gasteiger partial charge in [0.25, 0.3) is 0 Å². The Morgan fingerprint density at radius 1 is 1.53 bits per heavy atom. The number of rotatable bonds is 2. The van der Waals surface area contributed by atoms with Crippen LogP contribution < -0.4 is 0 Å². The number of hydrogen-bond acceptors (Lipinski definition) is 5. The molecule has 15 heavy (non-hydrogen) atoms. The molecule has 1 heterocycles. The highest BCUT2D eigenvalue weighted by Crippen LogP contribution is 2.39. The molecule has 0 aliphatic heterocycles. The molecular formula is C10H13NO2S2. The molecule has 82 valence electrons. The first-order valence-electron chi connectivity index (χ1n) is 4.88. The molecule has 0 unspecified atom stereocenters. The highest BCUT2D eigenvalue weighted by Gasteiger charge is 2.35. The largest absolute Gasteiger partial charge is 0.384 e. The molecule has 0 radical (unpaired) electrons. The number of thiazole rings is 1. The quantitative estimate of drug-likeness (QED) is 0.809. The summed E-state index contributed by atoms with van der Waals surface area (Å²) in [6.07, 6.45) is 5.78. The van der Waals surface area contributed by atoms with Crippen LogP contribution in [0.3, 0.4) is 0 Å². The van der Waals surface area contributed by atoms with Crippen molar-refractivity contribution < 1.29 is 9.90 Å². The zero-order valence-corrected chi connectivity index (χ0v) is 10.2. The van der Waals surface area contributed by atoms with Gasteiger partial charge in [-0.3, -0.25) is 4.79 Å². The van der Waals surface area contributed by atoms with Crippen molar-refractivity contribution in [2.24, 2.45) is 0 Å². The van der Waals surface area contributed by atoms with Gasteiger partial charge in [-0.05, 0) is 19.1 Å². The van der Waals surface area contributed by atoms with Crippen LogP contribution in [0.1, 0.15) is 30.6 Å². The van der Waals surface area contributed by atoms with Gasteiger partial charge < -0.3 is 5.11 Å². The van der Waals surface area contributed by atoms with E-state index >= 15 is 0 Å². The number of thioether (sulfide) groups is 1. The summed E-state index contributed by atoms with van der Waals surface area (Å²) in [6, 6.07) is 0. The van der Waals surface area contributed by atoms with Gasteiger partial charge in [-0.15, -0.1) is 11.3 Å². The molecule has 1 aliphatic carbocycles. The number of carbonyl (C=O) groups is 1. The minimum Gasteiger partial charge on any atom is -0.384 e. The average molecular weight is 243 g/mol. The van der Waals surface area contributed by atoms with Crippen LogP contribution in [0.25, 0.3) is 0 Å². The Kier molecular flexibility index (Phi) is 3.13. The fraction of sp³-hybridized carbons (Fsp3) is 0.600. The van der Waals surface area contributed by atoms with Crippen molar-refractivity contribution in [2.45, 2.75) is 35.6 Å². The topological polar surface area (TPSA) is 50.2 Å². The Balaban J connectivity index is 2.18. The smallest absolute Gasteiger partial charge is 0.149 e. The van der Waals surface area contributed by atoms with E-state index in [2.05, 4.69) is 4.98 Å². The number of ketones is 1. The average Bonchev–Trinajstić information content (AvgIpc) is 2.72. The van der Waals surface area contributed by atoms with Crippen molar-refractivity contribution in [2.75, 3.05) is 6.26 Å². The van der Waals surface area contributed by atoms with E-state index in [-0.39, 0.29) is 5.78 Å². The minimum absolute atomic E-state index is 0.259. The number of nitrogens with zero attached hydrogens (tertiary/aromatic N) is 1. The van der Waals surface area contributed by atoms with Gasteiger partial charge in [0.2, 0.25) is 0 Å². The van der Waals surface area contributed by atoms with Gasteiger partial charge in [-0.1, -0.05) is 11.8 Å². The van der Waals surface area contributed by atoms with E-state index in [1.165, 1.54) is 11.3 Å². The molecule has 1 saturated carbocycles. The Labute approximate surface area is 96.9 Å². The molecule has 0 spiro atoms. The fourth-order valence-electron chi connectivity index (χ4n) is 1.76. The Bertz CT molecular complexity index is 365. The third kappa shape index (κ3) is 2.24. The lowest BCUT2D eigenvalue weighted by Crippen LogP contribution is -2.30. The van der Waals surface area contributed by atoms with Crippen LogP contribution in [0, 0.1) is 0 Å². The maximum absolute atomic E-state index is 11.1. The lowest BCUT2D eigenvalue weighted by Gasteiger charge is -2.29. The molecule has 0 amide bonds. The first kappa shape index (κ1) is 11.1. The van der Waals surface area contributed by atoms with Crippen molar-refractivity contribution in [3.63, 3.8) is 0 Å². The highest BCUT2D eigenvalue weighted by atomic mass is 32.2. The Morgan fingerprint density at radius 3 is 2.73 bits per heavy atom. The van der Waals surface area contributed by atoms with E-state index in [9.17, 15) is 9.90 Å². The van der Waals surface area contributed by atoms with Gasteiger partial charge in [0.05, 0.1) is 4.88 Å². The Morgan fingerprint density at radius 2 is 2.20 bits per heavy atom. The second kappa shape index (κ2) is 4.23. The van der Waals surface area contributed by atoms with Gasteiger partial charge in [0, 0.05) is 19.0 Å². The second-order valence-electron chi connectivity index (χ2n) is 3.76. The molecule has 0 atom stereocenters. The van der Waals surface area contributed by atoms with Gasteiger partial charge in [0.15, 0.2) is 0 Å². The monoisotopic (exact) mass is 243 g/mol. The Hall–Kier alpha value is -0.390. The number of aromatic nitrogens is 1. The normalized spacial score (nSPS) is 20.5. The van der Waals surface area contributed by atoms with Gasteiger partial charge in [0.1, 0.15) is 15.7 Å². The summed E-state index contributed by atoms with van der Waals surface area (Å²) in [5.41, 5.74) is -0.806. The number of hydrogen-bond donors (Lipinski definition) is 1. The van der Waals surface area contributed by atoms with Crippen molar-refractivity contribution in [3.05, 3.63) is 11.1 Å². The zero-order chi connectivity index (χ0) is 10.9. The van der Waals surface area contributed by atoms with Crippen LogP contribution >= 0.6 is 23.1 Å².